The highest BCUT2D eigenvalue weighted by molar-refractivity contribution is 7.26. The Morgan fingerprint density at radius 2 is 0.739 bits per heavy atom. The molecule has 13 rings (SSSR count). The first-order chi connectivity index (χ1) is 34.0. The van der Waals surface area contributed by atoms with Crippen LogP contribution in [0.25, 0.3) is 97.7 Å². The molecule has 326 valence electrons. The number of hydrogen-bond acceptors (Lipinski definition) is 2. The molecule has 1 aliphatic rings. The lowest BCUT2D eigenvalue weighted by molar-refractivity contribution is 0.666. The van der Waals surface area contributed by atoms with E-state index in [1.807, 2.05) is 11.3 Å². The lowest BCUT2D eigenvalue weighted by atomic mass is 9.77. The van der Waals surface area contributed by atoms with Crippen molar-refractivity contribution < 1.29 is 0 Å². The quantitative estimate of drug-likeness (QED) is 0.147. The van der Waals surface area contributed by atoms with E-state index in [2.05, 4.69) is 267 Å². The number of thiophene rings is 1. The van der Waals surface area contributed by atoms with Crippen LogP contribution in [0, 0.1) is 0 Å². The van der Waals surface area contributed by atoms with Crippen LogP contribution < -0.4 is 4.90 Å². The van der Waals surface area contributed by atoms with E-state index in [1.165, 1.54) is 109 Å². The fraction of sp³-hybridized carbons (Fsp3) is 0.0448. The molecular weight excluding hydrogens is 851 g/mol. The summed E-state index contributed by atoms with van der Waals surface area (Å²) in [7, 11) is 0. The predicted octanol–water partition coefficient (Wildman–Crippen LogP) is 19.3. The highest BCUT2D eigenvalue weighted by atomic mass is 32.1. The van der Waals surface area contributed by atoms with E-state index in [0.717, 1.165) is 17.1 Å². The molecule has 0 saturated heterocycles. The van der Waals surface area contributed by atoms with Crippen LogP contribution in [-0.4, -0.2) is 0 Å². The van der Waals surface area contributed by atoms with Crippen molar-refractivity contribution in [2.45, 2.75) is 19.3 Å². The Morgan fingerprint density at radius 3 is 1.38 bits per heavy atom. The smallest absolute Gasteiger partial charge is 0.0462 e. The van der Waals surface area contributed by atoms with E-state index in [0.29, 0.717) is 0 Å². The molecule has 0 N–H and O–H groups in total. The van der Waals surface area contributed by atoms with E-state index in [-0.39, 0.29) is 5.41 Å². The summed E-state index contributed by atoms with van der Waals surface area (Å²) in [5.74, 6) is 0. The van der Waals surface area contributed by atoms with Gasteiger partial charge < -0.3 is 4.90 Å². The first-order valence-corrected chi connectivity index (χ1v) is 24.7. The Hall–Kier alpha value is -8.30. The number of anilines is 3. The van der Waals surface area contributed by atoms with Crippen LogP contribution in [0.3, 0.4) is 0 Å². The normalized spacial score (nSPS) is 12.6. The summed E-state index contributed by atoms with van der Waals surface area (Å²) in [6.45, 7) is 4.80. The van der Waals surface area contributed by atoms with Crippen molar-refractivity contribution in [1.29, 1.82) is 0 Å². The molecule has 0 spiro atoms. The highest BCUT2D eigenvalue weighted by Gasteiger charge is 2.40. The van der Waals surface area contributed by atoms with E-state index < -0.39 is 0 Å². The van der Waals surface area contributed by atoms with Gasteiger partial charge in [-0.05, 0) is 131 Å². The minimum atomic E-state index is -0.177. The fourth-order valence-electron chi connectivity index (χ4n) is 11.2. The summed E-state index contributed by atoms with van der Waals surface area (Å²) in [4.78, 5) is 2.39. The largest absolute Gasteiger partial charge is 0.311 e. The number of fused-ring (bicyclic) bond motifs is 8. The molecule has 1 heterocycles. The second kappa shape index (κ2) is 16.5. The molecule has 2 heteroatoms. The molecule has 0 fully saturated rings. The maximum atomic E-state index is 2.40. The molecule has 0 aliphatic heterocycles. The van der Waals surface area contributed by atoms with Gasteiger partial charge in [-0.2, -0.15) is 0 Å². The topological polar surface area (TPSA) is 3.24 Å². The molecular formula is C67H47NS. The summed E-state index contributed by atoms with van der Waals surface area (Å²) < 4.78 is 2.65. The van der Waals surface area contributed by atoms with Crippen LogP contribution in [0.15, 0.2) is 249 Å². The van der Waals surface area contributed by atoms with Gasteiger partial charge in [0.15, 0.2) is 0 Å². The van der Waals surface area contributed by atoms with Gasteiger partial charge in [0.25, 0.3) is 0 Å². The summed E-state index contributed by atoms with van der Waals surface area (Å²) in [6.07, 6.45) is 0. The Balaban J connectivity index is 0.970. The van der Waals surface area contributed by atoms with Crippen molar-refractivity contribution in [3.8, 4) is 66.8 Å². The Kier molecular flexibility index (Phi) is 9.78. The lowest BCUT2D eigenvalue weighted by Gasteiger charge is -2.27. The monoisotopic (exact) mass is 897 g/mol. The summed E-state index contributed by atoms with van der Waals surface area (Å²) in [6, 6.07) is 91.7. The predicted molar refractivity (Wildman–Crippen MR) is 296 cm³/mol. The number of rotatable bonds is 8. The molecule has 1 aromatic heterocycles. The van der Waals surface area contributed by atoms with Gasteiger partial charge in [0.1, 0.15) is 0 Å². The maximum absolute atomic E-state index is 2.40. The van der Waals surface area contributed by atoms with Gasteiger partial charge in [-0.1, -0.05) is 220 Å². The van der Waals surface area contributed by atoms with E-state index in [4.69, 9.17) is 0 Å². The first-order valence-electron chi connectivity index (χ1n) is 23.9. The van der Waals surface area contributed by atoms with E-state index in [1.54, 1.807) is 0 Å². The zero-order valence-electron chi connectivity index (χ0n) is 38.5. The summed E-state index contributed by atoms with van der Waals surface area (Å²) in [5.41, 5.74) is 20.8. The third kappa shape index (κ3) is 6.82. The average molecular weight is 898 g/mol. The van der Waals surface area contributed by atoms with Gasteiger partial charge >= 0.3 is 0 Å². The van der Waals surface area contributed by atoms with Gasteiger partial charge in [-0.15, -0.1) is 11.3 Å². The second-order valence-electron chi connectivity index (χ2n) is 18.8. The molecule has 1 nitrogen and oxygen atoms in total. The van der Waals surface area contributed by atoms with Crippen LogP contribution >= 0.6 is 11.3 Å². The van der Waals surface area contributed by atoms with Crippen molar-refractivity contribution in [3.63, 3.8) is 0 Å². The van der Waals surface area contributed by atoms with Crippen molar-refractivity contribution in [2.24, 2.45) is 0 Å². The van der Waals surface area contributed by atoms with Gasteiger partial charge in [-0.3, -0.25) is 0 Å². The lowest BCUT2D eigenvalue weighted by Crippen LogP contribution is -2.15. The minimum Gasteiger partial charge on any atom is -0.311 e. The minimum absolute atomic E-state index is 0.177. The third-order valence-electron chi connectivity index (χ3n) is 14.5. The Morgan fingerprint density at radius 1 is 0.304 bits per heavy atom. The zero-order valence-corrected chi connectivity index (χ0v) is 39.3. The molecule has 0 atom stereocenters. The zero-order chi connectivity index (χ0) is 46.1. The molecule has 0 radical (unpaired) electrons. The average Bonchev–Trinajstić information content (AvgIpc) is 3.92. The molecule has 12 aromatic rings. The van der Waals surface area contributed by atoms with Crippen molar-refractivity contribution in [1.82, 2.24) is 0 Å². The molecule has 0 amide bonds. The third-order valence-corrected chi connectivity index (χ3v) is 15.7. The molecule has 11 aromatic carbocycles. The van der Waals surface area contributed by atoms with Crippen LogP contribution in [0.1, 0.15) is 25.0 Å². The van der Waals surface area contributed by atoms with Crippen LogP contribution in [0.4, 0.5) is 17.1 Å². The fourth-order valence-corrected chi connectivity index (χ4v) is 12.4. The Bertz CT molecular complexity index is 3870. The Labute approximate surface area is 407 Å². The van der Waals surface area contributed by atoms with Crippen molar-refractivity contribution >= 4 is 59.3 Å². The number of benzene rings is 11. The standard InChI is InChI=1S/C67H47NS/c1-67(2)60-26-13-11-23-59(60)64-63(50-30-28-46(29-31-50)44-16-5-3-6-17-44)62(56-21-9-10-22-57(56)65(64)67)49-36-42-53(43-37-49)68(51-38-32-47(33-39-51)45-18-7-4-8-19-45)52-40-34-48(35-41-52)54-24-15-25-58-55-20-12-14-27-61(55)69-66(54)58/h3-43H,1-2H3. The molecule has 0 saturated carbocycles. The van der Waals surface area contributed by atoms with Crippen LogP contribution in [-0.2, 0) is 5.41 Å². The van der Waals surface area contributed by atoms with Crippen LogP contribution in [0.5, 0.6) is 0 Å². The van der Waals surface area contributed by atoms with Gasteiger partial charge in [0.05, 0.1) is 0 Å². The highest BCUT2D eigenvalue weighted by Crippen LogP contribution is 2.58. The molecule has 0 unspecified atom stereocenters. The van der Waals surface area contributed by atoms with Crippen molar-refractivity contribution in [2.75, 3.05) is 4.90 Å². The SMILES string of the molecule is CC1(C)c2ccccc2-c2c(-c3ccc(-c4ccccc4)cc3)c(-c3ccc(N(c4ccc(-c5ccccc5)cc4)c4ccc(-c5cccc6c5sc5ccccc56)cc4)cc3)c3ccccc3c21. The second-order valence-corrected chi connectivity index (χ2v) is 19.8. The first kappa shape index (κ1) is 40.9. The van der Waals surface area contributed by atoms with Crippen LogP contribution in [0.2, 0.25) is 0 Å². The summed E-state index contributed by atoms with van der Waals surface area (Å²) in [5, 5.41) is 5.21. The molecule has 1 aliphatic carbocycles. The molecule has 69 heavy (non-hydrogen) atoms. The van der Waals surface area contributed by atoms with E-state index >= 15 is 0 Å². The van der Waals surface area contributed by atoms with E-state index in [9.17, 15) is 0 Å². The van der Waals surface area contributed by atoms with Gasteiger partial charge in [-0.25, -0.2) is 0 Å². The summed E-state index contributed by atoms with van der Waals surface area (Å²) >= 11 is 1.88. The van der Waals surface area contributed by atoms with Gasteiger partial charge in [0, 0.05) is 42.6 Å². The molecule has 0 bridgehead atoms. The van der Waals surface area contributed by atoms with Crippen molar-refractivity contribution in [3.05, 3.63) is 260 Å². The van der Waals surface area contributed by atoms with Gasteiger partial charge in [0.2, 0.25) is 0 Å². The number of hydrogen-bond donors (Lipinski definition) is 0. The maximum Gasteiger partial charge on any atom is 0.0462 e. The number of nitrogens with zero attached hydrogens (tertiary/aromatic N) is 1.